The molecular formula is C7H4Br2N2O2. The molecule has 0 atom stereocenters. The number of anilines is 1. The third kappa shape index (κ3) is 1.68. The standard InChI is InChI=1S/C7H4Br2N2O2/c8-3-1-4-7(11-6(3)9)10-5(12)2-13-4/h1H,2H2,(H,10,11,12). The number of ether oxygens (including phenoxy) is 1. The molecule has 13 heavy (non-hydrogen) atoms. The van der Waals surface area contributed by atoms with Crippen molar-refractivity contribution < 1.29 is 9.53 Å². The molecule has 0 fully saturated rings. The summed E-state index contributed by atoms with van der Waals surface area (Å²) in [4.78, 5) is 15.0. The van der Waals surface area contributed by atoms with E-state index in [0.29, 0.717) is 16.2 Å². The SMILES string of the molecule is O=C1COc2cc(Br)c(Br)nc2N1. The summed E-state index contributed by atoms with van der Waals surface area (Å²) in [6, 6.07) is 1.76. The van der Waals surface area contributed by atoms with Gasteiger partial charge in [0.15, 0.2) is 18.2 Å². The maximum absolute atomic E-state index is 10.9. The molecule has 0 radical (unpaired) electrons. The predicted octanol–water partition coefficient (Wildman–Crippen LogP) is 1.94. The summed E-state index contributed by atoms with van der Waals surface area (Å²) >= 11 is 6.52. The summed E-state index contributed by atoms with van der Waals surface area (Å²) in [5, 5.41) is 2.60. The van der Waals surface area contributed by atoms with Gasteiger partial charge in [0, 0.05) is 6.07 Å². The van der Waals surface area contributed by atoms with Gasteiger partial charge in [0.05, 0.1) is 4.47 Å². The molecule has 0 unspecified atom stereocenters. The van der Waals surface area contributed by atoms with Gasteiger partial charge < -0.3 is 10.1 Å². The van der Waals surface area contributed by atoms with Crippen LogP contribution in [-0.4, -0.2) is 17.5 Å². The molecule has 0 aliphatic carbocycles. The fourth-order valence-electron chi connectivity index (χ4n) is 0.961. The summed E-state index contributed by atoms with van der Waals surface area (Å²) in [6.07, 6.45) is 0. The smallest absolute Gasteiger partial charge is 0.263 e. The van der Waals surface area contributed by atoms with Crippen LogP contribution >= 0.6 is 31.9 Å². The van der Waals surface area contributed by atoms with Crippen LogP contribution in [0.4, 0.5) is 5.82 Å². The van der Waals surface area contributed by atoms with E-state index in [2.05, 4.69) is 42.2 Å². The van der Waals surface area contributed by atoms with Gasteiger partial charge in [-0.15, -0.1) is 0 Å². The molecule has 68 valence electrons. The highest BCUT2D eigenvalue weighted by Gasteiger charge is 2.18. The van der Waals surface area contributed by atoms with E-state index < -0.39 is 0 Å². The Morgan fingerprint density at radius 2 is 2.31 bits per heavy atom. The average molecular weight is 308 g/mol. The minimum Gasteiger partial charge on any atom is -0.480 e. The van der Waals surface area contributed by atoms with Crippen molar-refractivity contribution in [2.24, 2.45) is 0 Å². The molecule has 0 bridgehead atoms. The molecule has 6 heteroatoms. The second-order valence-corrected chi connectivity index (χ2v) is 4.05. The van der Waals surface area contributed by atoms with Crippen molar-refractivity contribution in [3.8, 4) is 5.75 Å². The van der Waals surface area contributed by atoms with E-state index in [-0.39, 0.29) is 12.5 Å². The first-order valence-corrected chi connectivity index (χ1v) is 5.04. The van der Waals surface area contributed by atoms with Gasteiger partial charge in [-0.05, 0) is 31.9 Å². The lowest BCUT2D eigenvalue weighted by Gasteiger charge is -2.17. The first-order valence-electron chi connectivity index (χ1n) is 3.45. The van der Waals surface area contributed by atoms with Gasteiger partial charge in [-0.3, -0.25) is 4.79 Å². The number of fused-ring (bicyclic) bond motifs is 1. The van der Waals surface area contributed by atoms with Gasteiger partial charge in [0.25, 0.3) is 5.91 Å². The van der Waals surface area contributed by atoms with Crippen LogP contribution in [0.3, 0.4) is 0 Å². The van der Waals surface area contributed by atoms with E-state index in [4.69, 9.17) is 4.74 Å². The van der Waals surface area contributed by atoms with Gasteiger partial charge in [-0.2, -0.15) is 0 Å². The molecular weight excluding hydrogens is 304 g/mol. The van der Waals surface area contributed by atoms with E-state index in [1.54, 1.807) is 6.07 Å². The number of carbonyl (C=O) groups is 1. The van der Waals surface area contributed by atoms with Gasteiger partial charge in [0.1, 0.15) is 4.60 Å². The molecule has 1 aromatic rings. The third-order valence-electron chi connectivity index (χ3n) is 1.51. The molecule has 1 aromatic heterocycles. The monoisotopic (exact) mass is 306 g/mol. The number of carbonyl (C=O) groups excluding carboxylic acids is 1. The highest BCUT2D eigenvalue weighted by molar-refractivity contribution is 9.13. The second kappa shape index (κ2) is 3.26. The van der Waals surface area contributed by atoms with E-state index in [1.165, 1.54) is 0 Å². The molecule has 0 saturated carbocycles. The first kappa shape index (κ1) is 8.96. The molecule has 1 amide bonds. The quantitative estimate of drug-likeness (QED) is 0.745. The minimum atomic E-state index is -0.186. The maximum atomic E-state index is 10.9. The second-order valence-electron chi connectivity index (χ2n) is 2.44. The molecule has 1 aliphatic rings. The van der Waals surface area contributed by atoms with E-state index >= 15 is 0 Å². The molecule has 0 saturated heterocycles. The summed E-state index contributed by atoms with van der Waals surface area (Å²) in [5.41, 5.74) is 0. The van der Waals surface area contributed by atoms with Crippen LogP contribution in [0.15, 0.2) is 15.1 Å². The van der Waals surface area contributed by atoms with Crippen molar-refractivity contribution in [3.05, 3.63) is 15.1 Å². The Bertz CT molecular complexity index is 381. The van der Waals surface area contributed by atoms with Crippen molar-refractivity contribution in [3.63, 3.8) is 0 Å². The zero-order valence-corrected chi connectivity index (χ0v) is 9.48. The lowest BCUT2D eigenvalue weighted by molar-refractivity contribution is -0.118. The van der Waals surface area contributed by atoms with Gasteiger partial charge >= 0.3 is 0 Å². The molecule has 2 heterocycles. The molecule has 1 N–H and O–H groups in total. The Hall–Kier alpha value is -0.620. The summed E-state index contributed by atoms with van der Waals surface area (Å²) in [5.74, 6) is 0.843. The van der Waals surface area contributed by atoms with Gasteiger partial charge in [0.2, 0.25) is 0 Å². The van der Waals surface area contributed by atoms with Crippen molar-refractivity contribution in [2.75, 3.05) is 11.9 Å². The Kier molecular flexibility index (Phi) is 2.25. The Balaban J connectivity index is 2.49. The third-order valence-corrected chi connectivity index (χ3v) is 3.26. The molecule has 1 aliphatic heterocycles. The maximum Gasteiger partial charge on any atom is 0.263 e. The fourth-order valence-corrected chi connectivity index (χ4v) is 1.55. The number of pyridine rings is 1. The summed E-state index contributed by atoms with van der Waals surface area (Å²) in [6.45, 7) is 0.0444. The number of amides is 1. The number of nitrogens with zero attached hydrogens (tertiary/aromatic N) is 1. The zero-order valence-electron chi connectivity index (χ0n) is 6.30. The Labute approximate surface area is 90.9 Å². The average Bonchev–Trinajstić information content (AvgIpc) is 2.08. The van der Waals surface area contributed by atoms with Crippen LogP contribution in [0.2, 0.25) is 0 Å². The normalized spacial score (nSPS) is 14.5. The van der Waals surface area contributed by atoms with Crippen LogP contribution < -0.4 is 10.1 Å². The Morgan fingerprint density at radius 3 is 3.08 bits per heavy atom. The zero-order chi connectivity index (χ0) is 9.42. The van der Waals surface area contributed by atoms with Gasteiger partial charge in [-0.1, -0.05) is 0 Å². The van der Waals surface area contributed by atoms with Crippen LogP contribution in [-0.2, 0) is 4.79 Å². The predicted molar refractivity (Wildman–Crippen MR) is 53.8 cm³/mol. The van der Waals surface area contributed by atoms with Crippen LogP contribution in [0, 0.1) is 0 Å². The van der Waals surface area contributed by atoms with Crippen molar-refractivity contribution in [2.45, 2.75) is 0 Å². The largest absolute Gasteiger partial charge is 0.480 e. The summed E-state index contributed by atoms with van der Waals surface area (Å²) < 4.78 is 6.58. The first-order chi connectivity index (χ1) is 6.16. The number of hydrogen-bond acceptors (Lipinski definition) is 3. The van der Waals surface area contributed by atoms with Crippen LogP contribution in [0.25, 0.3) is 0 Å². The highest BCUT2D eigenvalue weighted by atomic mass is 79.9. The summed E-state index contributed by atoms with van der Waals surface area (Å²) in [7, 11) is 0. The van der Waals surface area contributed by atoms with Crippen molar-refractivity contribution in [1.82, 2.24) is 4.98 Å². The topological polar surface area (TPSA) is 51.2 Å². The number of rotatable bonds is 0. The number of aromatic nitrogens is 1. The van der Waals surface area contributed by atoms with Crippen molar-refractivity contribution >= 4 is 43.6 Å². The van der Waals surface area contributed by atoms with Crippen LogP contribution in [0.1, 0.15) is 0 Å². The minimum absolute atomic E-state index is 0.0444. The highest BCUT2D eigenvalue weighted by Crippen LogP contribution is 2.32. The van der Waals surface area contributed by atoms with Crippen molar-refractivity contribution in [1.29, 1.82) is 0 Å². The lowest BCUT2D eigenvalue weighted by atomic mass is 10.4. The van der Waals surface area contributed by atoms with E-state index in [0.717, 1.165) is 4.47 Å². The number of halogens is 2. The molecule has 2 rings (SSSR count). The molecule has 4 nitrogen and oxygen atoms in total. The fraction of sp³-hybridized carbons (Fsp3) is 0.143. The van der Waals surface area contributed by atoms with E-state index in [9.17, 15) is 4.79 Å². The number of hydrogen-bond donors (Lipinski definition) is 1. The Morgan fingerprint density at radius 1 is 1.54 bits per heavy atom. The van der Waals surface area contributed by atoms with Crippen LogP contribution in [0.5, 0.6) is 5.75 Å². The van der Waals surface area contributed by atoms with Gasteiger partial charge in [-0.25, -0.2) is 4.98 Å². The number of nitrogens with one attached hydrogen (secondary N) is 1. The van der Waals surface area contributed by atoms with E-state index in [1.807, 2.05) is 0 Å². The molecule has 0 spiro atoms. The molecule has 0 aromatic carbocycles. The lowest BCUT2D eigenvalue weighted by Crippen LogP contribution is -2.26.